The van der Waals surface area contributed by atoms with Gasteiger partial charge in [0.05, 0.1) is 5.69 Å². The normalized spacial score (nSPS) is 11.7. The number of nitrogens with one attached hydrogen (secondary N) is 1. The predicted molar refractivity (Wildman–Crippen MR) is 102 cm³/mol. The van der Waals surface area contributed by atoms with Crippen molar-refractivity contribution in [3.8, 4) is 11.1 Å². The SMILES string of the molecule is NC(=O)c1cccc(-c2cccnc2C(CNC(=O)O)c2cc(F)cc(F)c2)c1. The zero-order valence-corrected chi connectivity index (χ0v) is 15.1. The number of amides is 2. The van der Waals surface area contributed by atoms with E-state index < -0.39 is 29.6 Å². The second-order valence-corrected chi connectivity index (χ2v) is 6.32. The molecule has 0 saturated heterocycles. The number of carboxylic acid groups (broad SMARTS) is 1. The van der Waals surface area contributed by atoms with Gasteiger partial charge in [0.1, 0.15) is 11.6 Å². The molecule has 29 heavy (non-hydrogen) atoms. The summed E-state index contributed by atoms with van der Waals surface area (Å²) in [5.74, 6) is -2.94. The lowest BCUT2D eigenvalue weighted by atomic mass is 9.89. The maximum absolute atomic E-state index is 13.8. The lowest BCUT2D eigenvalue weighted by Crippen LogP contribution is -2.28. The molecule has 0 saturated carbocycles. The fourth-order valence-corrected chi connectivity index (χ4v) is 3.12. The third-order valence-corrected chi connectivity index (χ3v) is 4.37. The molecule has 0 fully saturated rings. The summed E-state index contributed by atoms with van der Waals surface area (Å²) < 4.78 is 27.6. The molecule has 0 aliphatic rings. The Kier molecular flexibility index (Phi) is 5.82. The van der Waals surface area contributed by atoms with Crippen molar-refractivity contribution >= 4 is 12.0 Å². The molecule has 2 amide bonds. The third kappa shape index (κ3) is 4.73. The molecular formula is C21H17F2N3O3. The van der Waals surface area contributed by atoms with Crippen molar-refractivity contribution in [1.82, 2.24) is 10.3 Å². The van der Waals surface area contributed by atoms with Crippen LogP contribution in [0.2, 0.25) is 0 Å². The minimum atomic E-state index is -1.28. The van der Waals surface area contributed by atoms with Crippen LogP contribution in [-0.2, 0) is 0 Å². The number of halogens is 2. The second-order valence-electron chi connectivity index (χ2n) is 6.32. The van der Waals surface area contributed by atoms with E-state index in [0.717, 1.165) is 18.2 Å². The average molecular weight is 397 g/mol. The summed E-state index contributed by atoms with van der Waals surface area (Å²) in [7, 11) is 0. The van der Waals surface area contributed by atoms with Crippen LogP contribution in [0.25, 0.3) is 11.1 Å². The highest BCUT2D eigenvalue weighted by molar-refractivity contribution is 5.94. The summed E-state index contributed by atoms with van der Waals surface area (Å²) in [4.78, 5) is 26.9. The van der Waals surface area contributed by atoms with Crippen molar-refractivity contribution in [2.45, 2.75) is 5.92 Å². The van der Waals surface area contributed by atoms with Crippen molar-refractivity contribution in [1.29, 1.82) is 0 Å². The number of rotatable bonds is 6. The first-order valence-corrected chi connectivity index (χ1v) is 8.63. The molecule has 0 radical (unpaired) electrons. The molecule has 0 spiro atoms. The molecule has 1 heterocycles. The van der Waals surface area contributed by atoms with Crippen LogP contribution in [0.3, 0.4) is 0 Å². The van der Waals surface area contributed by atoms with Crippen LogP contribution < -0.4 is 11.1 Å². The van der Waals surface area contributed by atoms with E-state index in [9.17, 15) is 18.4 Å². The maximum Gasteiger partial charge on any atom is 0.404 e. The maximum atomic E-state index is 13.8. The van der Waals surface area contributed by atoms with Gasteiger partial charge in [-0.1, -0.05) is 18.2 Å². The van der Waals surface area contributed by atoms with E-state index >= 15 is 0 Å². The van der Waals surface area contributed by atoms with Crippen LogP contribution in [0.15, 0.2) is 60.8 Å². The summed E-state index contributed by atoms with van der Waals surface area (Å²) in [5, 5.41) is 11.3. The molecule has 0 bridgehead atoms. The minimum absolute atomic E-state index is 0.155. The number of benzene rings is 2. The summed E-state index contributed by atoms with van der Waals surface area (Å²) in [5.41, 5.74) is 7.45. The first-order chi connectivity index (χ1) is 13.8. The summed E-state index contributed by atoms with van der Waals surface area (Å²) in [6.45, 7) is -0.155. The van der Waals surface area contributed by atoms with Crippen molar-refractivity contribution in [3.63, 3.8) is 0 Å². The number of carbonyl (C=O) groups is 2. The highest BCUT2D eigenvalue weighted by atomic mass is 19.1. The number of nitrogens with two attached hydrogens (primary N) is 1. The summed E-state index contributed by atoms with van der Waals surface area (Å²) >= 11 is 0. The van der Waals surface area contributed by atoms with Gasteiger partial charge in [0.25, 0.3) is 0 Å². The molecule has 2 aromatic carbocycles. The molecule has 0 aliphatic carbocycles. The van der Waals surface area contributed by atoms with Gasteiger partial charge in [-0.05, 0) is 41.5 Å². The van der Waals surface area contributed by atoms with Crippen LogP contribution >= 0.6 is 0 Å². The number of hydrogen-bond acceptors (Lipinski definition) is 3. The molecule has 6 nitrogen and oxygen atoms in total. The highest BCUT2D eigenvalue weighted by Gasteiger charge is 2.22. The molecule has 1 atom stereocenters. The average Bonchev–Trinajstić information content (AvgIpc) is 2.67. The van der Waals surface area contributed by atoms with E-state index in [1.165, 1.54) is 6.20 Å². The van der Waals surface area contributed by atoms with Crippen LogP contribution in [0.1, 0.15) is 27.5 Å². The number of carbonyl (C=O) groups excluding carboxylic acids is 1. The van der Waals surface area contributed by atoms with E-state index in [2.05, 4.69) is 10.3 Å². The Morgan fingerprint density at radius 3 is 2.45 bits per heavy atom. The molecule has 148 valence electrons. The van der Waals surface area contributed by atoms with Crippen LogP contribution in [-0.4, -0.2) is 28.6 Å². The largest absolute Gasteiger partial charge is 0.465 e. The van der Waals surface area contributed by atoms with Gasteiger partial charge < -0.3 is 16.2 Å². The van der Waals surface area contributed by atoms with Crippen molar-refractivity contribution < 1.29 is 23.5 Å². The monoisotopic (exact) mass is 397 g/mol. The molecule has 1 aromatic heterocycles. The van der Waals surface area contributed by atoms with Crippen molar-refractivity contribution in [3.05, 3.63) is 89.2 Å². The van der Waals surface area contributed by atoms with Crippen LogP contribution in [0.4, 0.5) is 13.6 Å². The van der Waals surface area contributed by atoms with E-state index in [1.54, 1.807) is 36.4 Å². The predicted octanol–water partition coefficient (Wildman–Crippen LogP) is 3.53. The minimum Gasteiger partial charge on any atom is -0.465 e. The highest BCUT2D eigenvalue weighted by Crippen LogP contribution is 2.32. The lowest BCUT2D eigenvalue weighted by Gasteiger charge is -2.20. The Balaban J connectivity index is 2.15. The fourth-order valence-electron chi connectivity index (χ4n) is 3.12. The Labute approximate surface area is 165 Å². The van der Waals surface area contributed by atoms with E-state index in [-0.39, 0.29) is 17.7 Å². The Morgan fingerprint density at radius 1 is 1.07 bits per heavy atom. The van der Waals surface area contributed by atoms with Gasteiger partial charge in [0, 0.05) is 35.9 Å². The topological polar surface area (TPSA) is 105 Å². The van der Waals surface area contributed by atoms with E-state index in [1.807, 2.05) is 0 Å². The summed E-state index contributed by atoms with van der Waals surface area (Å²) in [6.07, 6.45) is 0.222. The van der Waals surface area contributed by atoms with E-state index in [0.29, 0.717) is 16.8 Å². The first-order valence-electron chi connectivity index (χ1n) is 8.63. The molecular weight excluding hydrogens is 380 g/mol. The molecule has 3 aromatic rings. The van der Waals surface area contributed by atoms with Crippen molar-refractivity contribution in [2.75, 3.05) is 6.54 Å². The molecule has 1 unspecified atom stereocenters. The van der Waals surface area contributed by atoms with Gasteiger partial charge in [0.15, 0.2) is 0 Å². The lowest BCUT2D eigenvalue weighted by molar-refractivity contribution is 0.1000. The third-order valence-electron chi connectivity index (χ3n) is 4.37. The standard InChI is InChI=1S/C21H17F2N3O3/c22-15-8-14(9-16(23)10-15)18(11-26-21(28)29)19-17(5-2-6-25-19)12-3-1-4-13(7-12)20(24)27/h1-10,18,26H,11H2,(H2,24,27)(H,28,29). The van der Waals surface area contributed by atoms with Gasteiger partial charge in [-0.2, -0.15) is 0 Å². The summed E-state index contributed by atoms with van der Waals surface area (Å²) in [6, 6.07) is 12.9. The number of hydrogen-bond donors (Lipinski definition) is 3. The number of pyridine rings is 1. The van der Waals surface area contributed by atoms with Crippen molar-refractivity contribution in [2.24, 2.45) is 5.73 Å². The second kappa shape index (κ2) is 8.47. The quantitative estimate of drug-likeness (QED) is 0.592. The van der Waals surface area contributed by atoms with Gasteiger partial charge >= 0.3 is 6.09 Å². The zero-order valence-electron chi connectivity index (χ0n) is 15.1. The number of aromatic nitrogens is 1. The first kappa shape index (κ1) is 19.9. The van der Waals surface area contributed by atoms with Gasteiger partial charge in [-0.15, -0.1) is 0 Å². The van der Waals surface area contributed by atoms with Crippen LogP contribution in [0, 0.1) is 11.6 Å². The van der Waals surface area contributed by atoms with Gasteiger partial charge in [-0.3, -0.25) is 9.78 Å². The Morgan fingerprint density at radius 2 is 1.79 bits per heavy atom. The number of nitrogens with zero attached hydrogens (tertiary/aromatic N) is 1. The zero-order chi connectivity index (χ0) is 21.0. The van der Waals surface area contributed by atoms with E-state index in [4.69, 9.17) is 10.8 Å². The smallest absolute Gasteiger partial charge is 0.404 e. The molecule has 3 rings (SSSR count). The molecule has 0 aliphatic heterocycles. The van der Waals surface area contributed by atoms with Gasteiger partial charge in [-0.25, -0.2) is 13.6 Å². The van der Waals surface area contributed by atoms with Crippen LogP contribution in [0.5, 0.6) is 0 Å². The Hall–Kier alpha value is -3.81. The fraction of sp³-hybridized carbons (Fsp3) is 0.0952. The van der Waals surface area contributed by atoms with Gasteiger partial charge in [0.2, 0.25) is 5.91 Å². The molecule has 8 heteroatoms. The number of primary amides is 1. The Bertz CT molecular complexity index is 1050. The molecule has 4 N–H and O–H groups in total.